The molecule has 0 amide bonds. The van der Waals surface area contributed by atoms with Crippen molar-refractivity contribution >= 4 is 0 Å². The van der Waals surface area contributed by atoms with Crippen LogP contribution in [0.1, 0.15) is 107 Å². The molecule has 4 unspecified atom stereocenters. The molecule has 8 bridgehead atoms. The van der Waals surface area contributed by atoms with Crippen molar-refractivity contribution < 1.29 is 4.92 Å². The third kappa shape index (κ3) is 4.44. The summed E-state index contributed by atoms with van der Waals surface area (Å²) in [6.45, 7) is 17.6. The summed E-state index contributed by atoms with van der Waals surface area (Å²) in [7, 11) is 0. The van der Waals surface area contributed by atoms with Gasteiger partial charge in [-0.15, -0.1) is 0 Å². The summed E-state index contributed by atoms with van der Waals surface area (Å²) < 4.78 is 0. The van der Waals surface area contributed by atoms with Crippen molar-refractivity contribution in [1.29, 1.82) is 0 Å². The van der Waals surface area contributed by atoms with E-state index in [0.29, 0.717) is 18.5 Å². The van der Waals surface area contributed by atoms with Crippen LogP contribution in [0, 0.1) is 10.1 Å². The second-order valence-electron chi connectivity index (χ2n) is 12.5. The summed E-state index contributed by atoms with van der Waals surface area (Å²) in [4.78, 5) is 12.6. The van der Waals surface area contributed by atoms with Gasteiger partial charge >= 0.3 is 0 Å². The molecule has 0 spiro atoms. The molecule has 43 heavy (non-hydrogen) atoms. The van der Waals surface area contributed by atoms with E-state index in [1.54, 1.807) is 0 Å². The molecule has 4 atom stereocenters. The van der Waals surface area contributed by atoms with Crippen molar-refractivity contribution in [2.75, 3.05) is 0 Å². The molecule has 0 radical (unpaired) electrons. The van der Waals surface area contributed by atoms with Crippen LogP contribution < -0.4 is 21.3 Å². The van der Waals surface area contributed by atoms with Crippen molar-refractivity contribution in [2.24, 2.45) is 0 Å². The summed E-state index contributed by atoms with van der Waals surface area (Å²) >= 11 is 0. The summed E-state index contributed by atoms with van der Waals surface area (Å²) in [5, 5.41) is 28.5. The summed E-state index contributed by atoms with van der Waals surface area (Å²) in [6, 6.07) is 0. The third-order valence-corrected chi connectivity index (χ3v) is 10.9. The lowest BCUT2D eigenvalue weighted by Gasteiger charge is -2.39. The smallest absolute Gasteiger partial charge is 0.291 e. The molecule has 5 aliphatic heterocycles. The number of hydrogen-bond acceptors (Lipinski definition) is 6. The number of hydrogen-bond donors (Lipinski definition) is 4. The maximum atomic E-state index is 12.7. The van der Waals surface area contributed by atoms with Crippen LogP contribution in [0.4, 0.5) is 0 Å². The minimum Gasteiger partial charge on any atom is -0.372 e. The van der Waals surface area contributed by atoms with E-state index in [-0.39, 0.29) is 21.7 Å². The van der Waals surface area contributed by atoms with Gasteiger partial charge in [0.25, 0.3) is 5.70 Å². The Labute approximate surface area is 258 Å². The monoisotopic (exact) mass is 585 g/mol. The van der Waals surface area contributed by atoms with E-state index in [1.165, 1.54) is 16.8 Å². The Kier molecular flexibility index (Phi) is 8.08. The number of nitrogens with zero attached hydrogens (tertiary/aromatic N) is 1. The maximum absolute atomic E-state index is 12.7. The third-order valence-electron chi connectivity index (χ3n) is 10.9. The van der Waals surface area contributed by atoms with Gasteiger partial charge in [-0.2, -0.15) is 0 Å². The maximum Gasteiger partial charge on any atom is 0.291 e. The zero-order valence-electron chi connectivity index (χ0n) is 27.5. The van der Waals surface area contributed by atoms with Crippen molar-refractivity contribution in [2.45, 2.75) is 129 Å². The Morgan fingerprint density at radius 2 is 0.907 bits per heavy atom. The van der Waals surface area contributed by atoms with Gasteiger partial charge in [-0.25, -0.2) is 0 Å². The first-order valence-electron chi connectivity index (χ1n) is 16.6. The Morgan fingerprint density at radius 1 is 0.558 bits per heavy atom. The van der Waals surface area contributed by atoms with Gasteiger partial charge in [0.1, 0.15) is 5.70 Å². The molecular formula is C36H51N5O2. The minimum absolute atomic E-state index is 0.180. The van der Waals surface area contributed by atoms with Crippen molar-refractivity contribution in [3.8, 4) is 0 Å². The largest absolute Gasteiger partial charge is 0.372 e. The van der Waals surface area contributed by atoms with E-state index in [9.17, 15) is 10.1 Å². The normalized spacial score (nSPS) is 39.5. The van der Waals surface area contributed by atoms with E-state index >= 15 is 0 Å². The minimum atomic E-state index is -0.659. The number of allylic oxidation sites excluding steroid dienone is 3. The average Bonchev–Trinajstić information content (AvgIpc) is 3.81. The van der Waals surface area contributed by atoms with Gasteiger partial charge in [0, 0.05) is 23.2 Å². The predicted molar refractivity (Wildman–Crippen MR) is 176 cm³/mol. The van der Waals surface area contributed by atoms with Gasteiger partial charge in [0.05, 0.1) is 27.1 Å². The molecule has 5 rings (SSSR count). The van der Waals surface area contributed by atoms with Gasteiger partial charge in [0.15, 0.2) is 0 Å². The Morgan fingerprint density at radius 3 is 1.23 bits per heavy atom. The fraction of sp³-hybridized carbons (Fsp3) is 0.556. The van der Waals surface area contributed by atoms with E-state index < -0.39 is 11.1 Å². The zero-order valence-corrected chi connectivity index (χ0v) is 27.5. The fourth-order valence-corrected chi connectivity index (χ4v) is 8.49. The molecule has 0 aromatic carbocycles. The molecule has 7 heteroatoms. The van der Waals surface area contributed by atoms with Gasteiger partial charge in [0.2, 0.25) is 0 Å². The topological polar surface area (TPSA) is 91.3 Å². The first-order chi connectivity index (χ1) is 20.6. The fourth-order valence-electron chi connectivity index (χ4n) is 8.49. The highest BCUT2D eigenvalue weighted by molar-refractivity contribution is 5.58. The zero-order chi connectivity index (χ0) is 31.2. The molecule has 0 aliphatic carbocycles. The first-order valence-corrected chi connectivity index (χ1v) is 16.6. The lowest BCUT2D eigenvalue weighted by Crippen LogP contribution is -2.49. The highest BCUT2D eigenvalue weighted by atomic mass is 16.6. The van der Waals surface area contributed by atoms with E-state index in [4.69, 9.17) is 0 Å². The number of nitrogens with one attached hydrogen (secondary N) is 4. The van der Waals surface area contributed by atoms with Crippen LogP contribution in [-0.4, -0.2) is 27.1 Å². The van der Waals surface area contributed by atoms with Gasteiger partial charge < -0.3 is 21.3 Å². The van der Waals surface area contributed by atoms with Crippen molar-refractivity contribution in [3.63, 3.8) is 0 Å². The summed E-state index contributed by atoms with van der Waals surface area (Å²) in [5.74, 6) is 0. The van der Waals surface area contributed by atoms with Crippen LogP contribution in [0.2, 0.25) is 0 Å². The number of nitro groups is 1. The SMILES string of the molecule is CC/C1=C2\C=CC(CC)(N2)/C(CC)=C2/C=CC(CC)(N2)/C(CC)=C2\NC(CC)(C=C2[N+](=O)[O-])/C(CC)=C2/C=CC1(CC)N2. The molecule has 4 N–H and O–H groups in total. The molecule has 0 aromatic rings. The standard InChI is InChI=1S/C36H51N5O2/c1-9-24-28-17-20-33(13-5,37-28)25(10-2)29-19-22-35(15-7,39-29)27(12-4)32-31(41(42)43)23-36(16-8,40-32)26(11-3)30-18-21-34(24,14-6)38-30/h17-23,37-40H,9-16H2,1-8H3/b28-24-,29-25-,30-26-,32-27-. The van der Waals surface area contributed by atoms with Crippen LogP contribution in [0.3, 0.4) is 0 Å². The van der Waals surface area contributed by atoms with Crippen molar-refractivity contribution in [1.82, 2.24) is 21.3 Å². The highest BCUT2D eigenvalue weighted by Crippen LogP contribution is 2.46. The number of rotatable bonds is 9. The summed E-state index contributed by atoms with van der Waals surface area (Å²) in [6.07, 6.45) is 22.1. The van der Waals surface area contributed by atoms with Gasteiger partial charge in [-0.1, -0.05) is 73.6 Å². The molecule has 0 saturated carbocycles. The Bertz CT molecular complexity index is 1460. The second kappa shape index (κ2) is 11.2. The molecule has 7 nitrogen and oxygen atoms in total. The van der Waals surface area contributed by atoms with Crippen LogP contribution in [0.5, 0.6) is 0 Å². The van der Waals surface area contributed by atoms with Crippen LogP contribution in [-0.2, 0) is 0 Å². The first kappa shape index (κ1) is 31.0. The highest BCUT2D eigenvalue weighted by Gasteiger charge is 2.49. The molecular weight excluding hydrogens is 534 g/mol. The lowest BCUT2D eigenvalue weighted by molar-refractivity contribution is -0.420. The summed E-state index contributed by atoms with van der Waals surface area (Å²) in [5.41, 5.74) is 7.26. The molecule has 0 aromatic heterocycles. The molecule has 5 heterocycles. The average molecular weight is 586 g/mol. The van der Waals surface area contributed by atoms with E-state index in [2.05, 4.69) is 113 Å². The van der Waals surface area contributed by atoms with E-state index in [0.717, 1.165) is 61.1 Å². The van der Waals surface area contributed by atoms with Crippen molar-refractivity contribution in [3.05, 3.63) is 103 Å². The van der Waals surface area contributed by atoms with Gasteiger partial charge in [-0.3, -0.25) is 10.1 Å². The molecule has 5 aliphatic rings. The second-order valence-corrected chi connectivity index (χ2v) is 12.5. The molecule has 0 fully saturated rings. The Balaban J connectivity index is 1.87. The quantitative estimate of drug-likeness (QED) is 0.166. The van der Waals surface area contributed by atoms with Crippen LogP contribution in [0.25, 0.3) is 0 Å². The molecule has 0 saturated heterocycles. The van der Waals surface area contributed by atoms with E-state index in [1.807, 2.05) is 6.08 Å². The Hall–Kier alpha value is -3.48. The van der Waals surface area contributed by atoms with Crippen LogP contribution in [0.15, 0.2) is 93.3 Å². The predicted octanol–water partition coefficient (Wildman–Crippen LogP) is 7.49. The number of fused-ring (bicyclic) bond motifs is 8. The van der Waals surface area contributed by atoms with Crippen LogP contribution >= 0.6 is 0 Å². The lowest BCUT2D eigenvalue weighted by atomic mass is 9.83. The van der Waals surface area contributed by atoms with Gasteiger partial charge in [-0.05, 0) is 91.9 Å². The molecule has 232 valence electrons.